The Kier molecular flexibility index (Phi) is 10.3. The molecular formula is C22H38N2O7. The van der Waals surface area contributed by atoms with Gasteiger partial charge in [-0.25, -0.2) is 4.79 Å². The molecule has 0 aromatic rings. The van der Waals surface area contributed by atoms with Crippen molar-refractivity contribution in [1.29, 1.82) is 0 Å². The Hall–Kier alpha value is -2.32. The summed E-state index contributed by atoms with van der Waals surface area (Å²) in [6, 6.07) is -0.0802. The van der Waals surface area contributed by atoms with E-state index in [1.165, 1.54) is 0 Å². The first-order chi connectivity index (χ1) is 14.2. The molecule has 0 aliphatic heterocycles. The molecule has 0 aromatic heterocycles. The Bertz CT molecular complexity index is 635. The maximum atomic E-state index is 12.0. The van der Waals surface area contributed by atoms with Gasteiger partial charge in [0.05, 0.1) is 6.42 Å². The molecule has 0 spiro atoms. The van der Waals surface area contributed by atoms with Crippen molar-refractivity contribution in [2.45, 2.75) is 110 Å². The smallest absolute Gasteiger partial charge is 0.407 e. The fraction of sp³-hybridized carbons (Fsp3) is 0.818. The third-order valence-corrected chi connectivity index (χ3v) is 4.26. The zero-order chi connectivity index (χ0) is 23.7. The molecule has 0 aromatic carbocycles. The van der Waals surface area contributed by atoms with Crippen LogP contribution in [0.25, 0.3) is 0 Å². The average Bonchev–Trinajstić information content (AvgIpc) is 2.97. The zero-order valence-electron chi connectivity index (χ0n) is 19.7. The second-order valence-corrected chi connectivity index (χ2v) is 9.81. The van der Waals surface area contributed by atoms with Crippen molar-refractivity contribution in [3.05, 3.63) is 0 Å². The van der Waals surface area contributed by atoms with Gasteiger partial charge in [-0.2, -0.15) is 0 Å². The summed E-state index contributed by atoms with van der Waals surface area (Å²) < 4.78 is 15.8. The topological polar surface area (TPSA) is 120 Å². The van der Waals surface area contributed by atoms with E-state index in [4.69, 9.17) is 14.2 Å². The van der Waals surface area contributed by atoms with E-state index in [-0.39, 0.29) is 55.8 Å². The van der Waals surface area contributed by atoms with Crippen LogP contribution in [-0.2, 0) is 28.6 Å². The van der Waals surface area contributed by atoms with Crippen molar-refractivity contribution in [3.8, 4) is 0 Å². The van der Waals surface area contributed by atoms with Crippen molar-refractivity contribution >= 4 is 23.9 Å². The molecule has 2 amide bonds. The van der Waals surface area contributed by atoms with Crippen molar-refractivity contribution in [1.82, 2.24) is 10.6 Å². The van der Waals surface area contributed by atoms with E-state index in [0.717, 1.165) is 6.42 Å². The lowest BCUT2D eigenvalue weighted by atomic mass is 10.2. The predicted molar refractivity (Wildman–Crippen MR) is 114 cm³/mol. The summed E-state index contributed by atoms with van der Waals surface area (Å²) in [6.45, 7) is 10.9. The number of ether oxygens (including phenoxy) is 3. The maximum Gasteiger partial charge on any atom is 0.407 e. The van der Waals surface area contributed by atoms with Crippen LogP contribution in [0, 0.1) is 0 Å². The van der Waals surface area contributed by atoms with Gasteiger partial charge in [0.15, 0.2) is 0 Å². The van der Waals surface area contributed by atoms with Crippen molar-refractivity contribution < 1.29 is 33.4 Å². The Balaban J connectivity index is 2.15. The molecule has 2 N–H and O–H groups in total. The summed E-state index contributed by atoms with van der Waals surface area (Å²) >= 11 is 0. The van der Waals surface area contributed by atoms with Gasteiger partial charge in [0.1, 0.15) is 17.3 Å². The van der Waals surface area contributed by atoms with Crippen LogP contribution in [0.3, 0.4) is 0 Å². The lowest BCUT2D eigenvalue weighted by Crippen LogP contribution is -2.38. The van der Waals surface area contributed by atoms with Crippen LogP contribution in [0.5, 0.6) is 0 Å². The summed E-state index contributed by atoms with van der Waals surface area (Å²) in [5.74, 6) is -0.948. The highest BCUT2D eigenvalue weighted by Gasteiger charge is 2.30. The first-order valence-electron chi connectivity index (χ1n) is 10.9. The molecule has 1 aliphatic rings. The summed E-state index contributed by atoms with van der Waals surface area (Å²) in [7, 11) is 0. The number of carbonyl (C=O) groups excluding carboxylic acids is 4. The number of nitrogens with one attached hydrogen (secondary N) is 2. The maximum absolute atomic E-state index is 12.0. The standard InChI is InChI=1S/C22H38N2O7/c1-21(2,3)30-19(27)12-13-23-17(25)8-7-9-18(26)29-16-11-10-15(14-16)24-20(28)31-22(4,5)6/h15-16H,7-14H2,1-6H3,(H,23,25)(H,24,28). The lowest BCUT2D eigenvalue weighted by molar-refractivity contribution is -0.154. The fourth-order valence-electron chi connectivity index (χ4n) is 3.08. The number of hydrogen-bond donors (Lipinski definition) is 2. The Morgan fingerprint density at radius 3 is 2.10 bits per heavy atom. The van der Waals surface area contributed by atoms with Crippen molar-refractivity contribution in [2.24, 2.45) is 0 Å². The molecular weight excluding hydrogens is 404 g/mol. The number of alkyl carbamates (subject to hydrolysis) is 1. The predicted octanol–water partition coefficient (Wildman–Crippen LogP) is 2.99. The van der Waals surface area contributed by atoms with Gasteiger partial charge in [-0.1, -0.05) is 0 Å². The van der Waals surface area contributed by atoms with Gasteiger partial charge in [0.2, 0.25) is 5.91 Å². The van der Waals surface area contributed by atoms with Crippen molar-refractivity contribution in [3.63, 3.8) is 0 Å². The van der Waals surface area contributed by atoms with E-state index in [0.29, 0.717) is 19.3 Å². The summed E-state index contributed by atoms with van der Waals surface area (Å²) in [6.07, 6.45) is 2.02. The van der Waals surface area contributed by atoms with Crippen LogP contribution in [0.1, 0.15) is 86.5 Å². The van der Waals surface area contributed by atoms with Crippen LogP contribution in [-0.4, -0.2) is 53.8 Å². The van der Waals surface area contributed by atoms with Crippen LogP contribution in [0.2, 0.25) is 0 Å². The molecule has 9 nitrogen and oxygen atoms in total. The molecule has 1 fully saturated rings. The van der Waals surface area contributed by atoms with Crippen LogP contribution < -0.4 is 10.6 Å². The molecule has 2 atom stereocenters. The summed E-state index contributed by atoms with van der Waals surface area (Å²) in [5, 5.41) is 5.44. The van der Waals surface area contributed by atoms with Gasteiger partial charge in [0, 0.05) is 31.8 Å². The summed E-state index contributed by atoms with van der Waals surface area (Å²) in [4.78, 5) is 47.2. The minimum atomic E-state index is -0.559. The highest BCUT2D eigenvalue weighted by molar-refractivity contribution is 5.78. The van der Waals surface area contributed by atoms with E-state index in [9.17, 15) is 19.2 Å². The van der Waals surface area contributed by atoms with Crippen molar-refractivity contribution in [2.75, 3.05) is 6.54 Å². The Morgan fingerprint density at radius 1 is 0.839 bits per heavy atom. The van der Waals surface area contributed by atoms with Gasteiger partial charge in [0.25, 0.3) is 0 Å². The molecule has 0 bridgehead atoms. The third kappa shape index (κ3) is 13.6. The number of amides is 2. The monoisotopic (exact) mass is 442 g/mol. The normalized spacial score (nSPS) is 18.8. The molecule has 0 radical (unpaired) electrons. The van der Waals surface area contributed by atoms with E-state index in [1.807, 2.05) is 0 Å². The number of rotatable bonds is 9. The fourth-order valence-corrected chi connectivity index (χ4v) is 3.08. The van der Waals surface area contributed by atoms with Gasteiger partial charge in [-0.3, -0.25) is 14.4 Å². The van der Waals surface area contributed by atoms with Gasteiger partial charge >= 0.3 is 18.0 Å². The first kappa shape index (κ1) is 26.7. The Labute approximate surface area is 184 Å². The molecule has 1 rings (SSSR count). The zero-order valence-corrected chi connectivity index (χ0v) is 19.7. The van der Waals surface area contributed by atoms with Gasteiger partial charge in [-0.15, -0.1) is 0 Å². The number of esters is 2. The molecule has 1 aliphatic carbocycles. The van der Waals surface area contributed by atoms with E-state index in [1.54, 1.807) is 41.5 Å². The largest absolute Gasteiger partial charge is 0.462 e. The van der Waals surface area contributed by atoms with Crippen LogP contribution in [0.15, 0.2) is 0 Å². The highest BCUT2D eigenvalue weighted by Crippen LogP contribution is 2.23. The molecule has 0 heterocycles. The molecule has 1 saturated carbocycles. The van der Waals surface area contributed by atoms with Gasteiger partial charge < -0.3 is 24.8 Å². The molecule has 31 heavy (non-hydrogen) atoms. The first-order valence-corrected chi connectivity index (χ1v) is 10.9. The second-order valence-electron chi connectivity index (χ2n) is 9.81. The highest BCUT2D eigenvalue weighted by atomic mass is 16.6. The Morgan fingerprint density at radius 2 is 1.48 bits per heavy atom. The molecule has 9 heteroatoms. The second kappa shape index (κ2) is 11.9. The van der Waals surface area contributed by atoms with E-state index >= 15 is 0 Å². The quantitative estimate of drug-likeness (QED) is 0.416. The van der Waals surface area contributed by atoms with E-state index in [2.05, 4.69) is 10.6 Å². The number of carbonyl (C=O) groups is 4. The molecule has 178 valence electrons. The SMILES string of the molecule is CC(C)(C)OC(=O)CCNC(=O)CCCC(=O)OC1CCC(NC(=O)OC(C)(C)C)C1. The van der Waals surface area contributed by atoms with Crippen LogP contribution >= 0.6 is 0 Å². The van der Waals surface area contributed by atoms with Gasteiger partial charge in [-0.05, 0) is 60.8 Å². The van der Waals surface area contributed by atoms with Crippen LogP contribution in [0.4, 0.5) is 4.79 Å². The lowest BCUT2D eigenvalue weighted by Gasteiger charge is -2.21. The molecule has 2 unspecified atom stereocenters. The van der Waals surface area contributed by atoms with E-state index < -0.39 is 17.3 Å². The minimum absolute atomic E-state index is 0.0802. The average molecular weight is 443 g/mol. The minimum Gasteiger partial charge on any atom is -0.462 e. The summed E-state index contributed by atoms with van der Waals surface area (Å²) in [5.41, 5.74) is -1.11. The third-order valence-electron chi connectivity index (χ3n) is 4.26. The number of hydrogen-bond acceptors (Lipinski definition) is 7. The molecule has 0 saturated heterocycles.